The maximum absolute atomic E-state index is 9.75. The van der Waals surface area contributed by atoms with E-state index in [2.05, 4.69) is 17.2 Å². The van der Waals surface area contributed by atoms with Gasteiger partial charge in [0.25, 0.3) is 0 Å². The second-order valence-corrected chi connectivity index (χ2v) is 3.97. The van der Waals surface area contributed by atoms with Gasteiger partial charge in [0.2, 0.25) is 0 Å². The van der Waals surface area contributed by atoms with Crippen molar-refractivity contribution in [2.75, 3.05) is 6.54 Å². The SMILES string of the molecule is CC#CC1C(O)C(O)CNC12CC2. The van der Waals surface area contributed by atoms with E-state index in [1.807, 2.05) is 0 Å². The predicted molar refractivity (Wildman–Crippen MR) is 48.9 cm³/mol. The molecule has 2 rings (SSSR count). The lowest BCUT2D eigenvalue weighted by molar-refractivity contribution is -0.0393. The van der Waals surface area contributed by atoms with Gasteiger partial charge in [0, 0.05) is 12.1 Å². The summed E-state index contributed by atoms with van der Waals surface area (Å²) in [6.07, 6.45) is 0.778. The molecule has 1 heterocycles. The topological polar surface area (TPSA) is 52.5 Å². The van der Waals surface area contributed by atoms with E-state index in [0.29, 0.717) is 6.54 Å². The number of aliphatic hydroxyl groups excluding tert-OH is 2. The van der Waals surface area contributed by atoms with Crippen molar-refractivity contribution >= 4 is 0 Å². The molecule has 0 amide bonds. The zero-order valence-corrected chi connectivity index (χ0v) is 7.75. The third-order valence-corrected chi connectivity index (χ3v) is 3.08. The number of hydrogen-bond acceptors (Lipinski definition) is 3. The number of hydrogen-bond donors (Lipinski definition) is 3. The molecule has 1 saturated heterocycles. The van der Waals surface area contributed by atoms with Gasteiger partial charge in [-0.2, -0.15) is 0 Å². The highest BCUT2D eigenvalue weighted by atomic mass is 16.3. The van der Waals surface area contributed by atoms with E-state index in [9.17, 15) is 10.2 Å². The van der Waals surface area contributed by atoms with Crippen LogP contribution in [0.5, 0.6) is 0 Å². The van der Waals surface area contributed by atoms with Crippen molar-refractivity contribution in [1.29, 1.82) is 0 Å². The molecule has 0 bridgehead atoms. The van der Waals surface area contributed by atoms with Crippen molar-refractivity contribution in [3.63, 3.8) is 0 Å². The highest BCUT2D eigenvalue weighted by Crippen LogP contribution is 2.46. The second-order valence-electron chi connectivity index (χ2n) is 3.97. The van der Waals surface area contributed by atoms with Gasteiger partial charge in [0.15, 0.2) is 0 Å². The number of piperidine rings is 1. The van der Waals surface area contributed by atoms with Crippen LogP contribution in [0.4, 0.5) is 0 Å². The van der Waals surface area contributed by atoms with Gasteiger partial charge >= 0.3 is 0 Å². The van der Waals surface area contributed by atoms with Gasteiger partial charge in [-0.1, -0.05) is 5.92 Å². The summed E-state index contributed by atoms with van der Waals surface area (Å²) < 4.78 is 0. The highest BCUT2D eigenvalue weighted by Gasteiger charge is 2.55. The van der Waals surface area contributed by atoms with Crippen LogP contribution in [0.3, 0.4) is 0 Å². The minimum Gasteiger partial charge on any atom is -0.389 e. The molecule has 2 aliphatic rings. The fraction of sp³-hybridized carbons (Fsp3) is 0.800. The van der Waals surface area contributed by atoms with Crippen LogP contribution in [0.15, 0.2) is 0 Å². The smallest absolute Gasteiger partial charge is 0.0966 e. The first-order valence-corrected chi connectivity index (χ1v) is 4.73. The standard InChI is InChI=1S/C10H15NO2/c1-2-3-7-9(13)8(12)6-11-10(7)4-5-10/h7-9,11-13H,4-6H2,1H3. The van der Waals surface area contributed by atoms with Gasteiger partial charge in [-0.15, -0.1) is 5.92 Å². The maximum Gasteiger partial charge on any atom is 0.0966 e. The van der Waals surface area contributed by atoms with E-state index >= 15 is 0 Å². The van der Waals surface area contributed by atoms with Crippen molar-refractivity contribution in [3.05, 3.63) is 0 Å². The predicted octanol–water partition coefficient (Wildman–Crippen LogP) is -0.517. The normalized spacial score (nSPS) is 41.0. The maximum atomic E-state index is 9.75. The first kappa shape index (κ1) is 9.01. The van der Waals surface area contributed by atoms with E-state index in [1.165, 1.54) is 0 Å². The Balaban J connectivity index is 2.19. The lowest BCUT2D eigenvalue weighted by Crippen LogP contribution is -2.57. The fourth-order valence-electron chi connectivity index (χ4n) is 2.09. The van der Waals surface area contributed by atoms with Crippen LogP contribution in [0.2, 0.25) is 0 Å². The third kappa shape index (κ3) is 1.35. The summed E-state index contributed by atoms with van der Waals surface area (Å²) in [5.41, 5.74) is 0.0155. The molecule has 2 fully saturated rings. The Morgan fingerprint density at radius 3 is 2.62 bits per heavy atom. The van der Waals surface area contributed by atoms with Gasteiger partial charge in [0.05, 0.1) is 18.1 Å². The molecule has 1 spiro atoms. The van der Waals surface area contributed by atoms with Gasteiger partial charge < -0.3 is 15.5 Å². The lowest BCUT2D eigenvalue weighted by atomic mass is 9.85. The van der Waals surface area contributed by atoms with Crippen molar-refractivity contribution in [2.45, 2.75) is 37.5 Å². The lowest BCUT2D eigenvalue weighted by Gasteiger charge is -2.37. The average molecular weight is 181 g/mol. The Morgan fingerprint density at radius 1 is 1.38 bits per heavy atom. The van der Waals surface area contributed by atoms with Crippen molar-refractivity contribution in [2.24, 2.45) is 5.92 Å². The monoisotopic (exact) mass is 181 g/mol. The minimum atomic E-state index is -0.684. The van der Waals surface area contributed by atoms with E-state index in [1.54, 1.807) is 6.92 Å². The molecule has 0 aromatic rings. The van der Waals surface area contributed by atoms with Crippen LogP contribution in [0.25, 0.3) is 0 Å². The Morgan fingerprint density at radius 2 is 2.08 bits per heavy atom. The van der Waals surface area contributed by atoms with Gasteiger partial charge in [0.1, 0.15) is 0 Å². The van der Waals surface area contributed by atoms with Crippen LogP contribution in [0.1, 0.15) is 19.8 Å². The molecule has 1 aliphatic heterocycles. The van der Waals surface area contributed by atoms with Crippen LogP contribution >= 0.6 is 0 Å². The molecule has 1 aliphatic carbocycles. The van der Waals surface area contributed by atoms with Crippen LogP contribution in [0, 0.1) is 17.8 Å². The Hall–Kier alpha value is -0.560. The highest BCUT2D eigenvalue weighted by molar-refractivity contribution is 5.23. The van der Waals surface area contributed by atoms with E-state index in [4.69, 9.17) is 0 Å². The first-order valence-electron chi connectivity index (χ1n) is 4.73. The zero-order chi connectivity index (χ0) is 9.47. The third-order valence-electron chi connectivity index (χ3n) is 3.08. The van der Waals surface area contributed by atoms with Gasteiger partial charge in [-0.25, -0.2) is 0 Å². The molecule has 1 saturated carbocycles. The molecule has 3 N–H and O–H groups in total. The summed E-state index contributed by atoms with van der Waals surface area (Å²) in [6.45, 7) is 2.26. The number of nitrogens with one attached hydrogen (secondary N) is 1. The molecule has 3 nitrogen and oxygen atoms in total. The Kier molecular flexibility index (Phi) is 2.07. The molecule has 0 aromatic heterocycles. The number of aliphatic hydroxyl groups is 2. The summed E-state index contributed by atoms with van der Waals surface area (Å²) in [5.74, 6) is 5.72. The minimum absolute atomic E-state index is 0.0155. The molecule has 0 radical (unpaired) electrons. The molecule has 72 valence electrons. The van der Waals surface area contributed by atoms with Gasteiger partial charge in [-0.05, 0) is 19.8 Å². The van der Waals surface area contributed by atoms with Crippen LogP contribution < -0.4 is 5.32 Å². The molecule has 3 heteroatoms. The zero-order valence-electron chi connectivity index (χ0n) is 7.75. The first-order chi connectivity index (χ1) is 6.19. The summed E-state index contributed by atoms with van der Waals surface area (Å²) in [6, 6.07) is 0. The Bertz CT molecular complexity index is 262. The molecule has 3 unspecified atom stereocenters. The quantitative estimate of drug-likeness (QED) is 0.441. The van der Waals surface area contributed by atoms with E-state index < -0.39 is 12.2 Å². The molecular formula is C10H15NO2. The molecule has 13 heavy (non-hydrogen) atoms. The van der Waals surface area contributed by atoms with Crippen LogP contribution in [-0.2, 0) is 0 Å². The number of β-amino-alcohol motifs (C(OH)–C–C–N with tert-alkyl or cyclic N) is 1. The number of rotatable bonds is 0. The second kappa shape index (κ2) is 2.98. The van der Waals surface area contributed by atoms with Crippen molar-refractivity contribution < 1.29 is 10.2 Å². The fourth-order valence-corrected chi connectivity index (χ4v) is 2.09. The average Bonchev–Trinajstić information content (AvgIpc) is 2.88. The van der Waals surface area contributed by atoms with E-state index in [-0.39, 0.29) is 11.5 Å². The molecule has 3 atom stereocenters. The van der Waals surface area contributed by atoms with Crippen molar-refractivity contribution in [1.82, 2.24) is 5.32 Å². The van der Waals surface area contributed by atoms with Crippen LogP contribution in [-0.4, -0.2) is 34.5 Å². The summed E-state index contributed by atoms with van der Waals surface area (Å²) in [4.78, 5) is 0. The van der Waals surface area contributed by atoms with Gasteiger partial charge in [-0.3, -0.25) is 0 Å². The van der Waals surface area contributed by atoms with Crippen molar-refractivity contribution in [3.8, 4) is 11.8 Å². The summed E-state index contributed by atoms with van der Waals surface area (Å²) in [7, 11) is 0. The largest absolute Gasteiger partial charge is 0.389 e. The molecular weight excluding hydrogens is 166 g/mol. The Labute approximate surface area is 78.1 Å². The summed E-state index contributed by atoms with van der Waals surface area (Å²) >= 11 is 0. The summed E-state index contributed by atoms with van der Waals surface area (Å²) in [5, 5.41) is 22.5. The molecule has 0 aromatic carbocycles. The van der Waals surface area contributed by atoms with E-state index in [0.717, 1.165) is 12.8 Å².